The lowest BCUT2D eigenvalue weighted by molar-refractivity contribution is 0.570. The number of anilines is 4. The van der Waals surface area contributed by atoms with Gasteiger partial charge in [0, 0.05) is 26.2 Å². The van der Waals surface area contributed by atoms with Gasteiger partial charge in [0.2, 0.25) is 0 Å². The molecule has 2 aromatic carbocycles. The van der Waals surface area contributed by atoms with Crippen LogP contribution in [0.4, 0.5) is 31.7 Å². The quantitative estimate of drug-likeness (QED) is 0.401. The minimum absolute atomic E-state index is 0.0537. The van der Waals surface area contributed by atoms with E-state index >= 15 is 0 Å². The average molecular weight is 507 g/mol. The van der Waals surface area contributed by atoms with Gasteiger partial charge in [-0.1, -0.05) is 11.6 Å². The lowest BCUT2D eigenvalue weighted by Gasteiger charge is -2.23. The third kappa shape index (κ3) is 5.91. The molecular weight excluding hydrogens is 486 g/mol. The van der Waals surface area contributed by atoms with E-state index in [0.717, 1.165) is 30.5 Å². The summed E-state index contributed by atoms with van der Waals surface area (Å²) in [6.07, 6.45) is 0.830. The number of sulfonamides is 1. The maximum atomic E-state index is 14.9. The minimum Gasteiger partial charge on any atom is -0.372 e. The summed E-state index contributed by atoms with van der Waals surface area (Å²) in [4.78, 5) is 4.82. The molecule has 12 heteroatoms. The van der Waals surface area contributed by atoms with Gasteiger partial charge >= 0.3 is 0 Å². The van der Waals surface area contributed by atoms with E-state index in [0.29, 0.717) is 30.0 Å². The molecule has 0 unspecified atom stereocenters. The van der Waals surface area contributed by atoms with Crippen LogP contribution in [0.1, 0.15) is 5.56 Å². The largest absolute Gasteiger partial charge is 0.372 e. The third-order valence-corrected chi connectivity index (χ3v) is 6.46. The molecule has 34 heavy (non-hydrogen) atoms. The van der Waals surface area contributed by atoms with Crippen LogP contribution in [0.2, 0.25) is 5.02 Å². The molecule has 3 rings (SSSR count). The predicted molar refractivity (Wildman–Crippen MR) is 128 cm³/mol. The molecule has 0 aliphatic heterocycles. The number of nitriles is 1. The number of halogens is 3. The molecule has 0 saturated carbocycles. The van der Waals surface area contributed by atoms with Crippen molar-refractivity contribution in [2.45, 2.75) is 4.90 Å². The standard InChI is InChI=1S/C22H21ClF2N6O2S/c1-27-7-8-31(2)20-9-14(12-26)3-5-18(20)29-19-11-17(25)21(10-16(19)23)34(32,33)30-22-6-4-15(24)13-28-22/h3-6,9-11,13,27,29H,7-8H2,1-2H3,(H,28,30). The van der Waals surface area contributed by atoms with Crippen molar-refractivity contribution in [2.24, 2.45) is 0 Å². The Morgan fingerprint density at radius 2 is 1.91 bits per heavy atom. The highest BCUT2D eigenvalue weighted by atomic mass is 35.5. The molecule has 0 atom stereocenters. The third-order valence-electron chi connectivity index (χ3n) is 4.78. The molecule has 8 nitrogen and oxygen atoms in total. The molecule has 1 aromatic heterocycles. The van der Waals surface area contributed by atoms with Gasteiger partial charge in [-0.05, 0) is 43.4 Å². The van der Waals surface area contributed by atoms with Gasteiger partial charge in [-0.2, -0.15) is 5.26 Å². The average Bonchev–Trinajstić information content (AvgIpc) is 2.81. The van der Waals surface area contributed by atoms with Crippen LogP contribution in [0.5, 0.6) is 0 Å². The van der Waals surface area contributed by atoms with E-state index in [1.165, 1.54) is 0 Å². The Labute approximate surface area is 201 Å². The van der Waals surface area contributed by atoms with Crippen molar-refractivity contribution in [1.29, 1.82) is 5.26 Å². The Hall–Kier alpha value is -3.46. The molecular formula is C22H21ClF2N6O2S. The van der Waals surface area contributed by atoms with E-state index in [-0.39, 0.29) is 16.5 Å². The number of hydrogen-bond donors (Lipinski definition) is 3. The topological polar surface area (TPSA) is 110 Å². The van der Waals surface area contributed by atoms with Gasteiger partial charge in [-0.3, -0.25) is 4.72 Å². The van der Waals surface area contributed by atoms with Gasteiger partial charge in [-0.25, -0.2) is 22.2 Å². The van der Waals surface area contributed by atoms with Crippen LogP contribution in [0.3, 0.4) is 0 Å². The van der Waals surface area contributed by atoms with Gasteiger partial charge in [0.25, 0.3) is 10.0 Å². The lowest BCUT2D eigenvalue weighted by Crippen LogP contribution is -2.27. The SMILES string of the molecule is CNCCN(C)c1cc(C#N)ccc1Nc1cc(F)c(S(=O)(=O)Nc2ccc(F)cn2)cc1Cl. The zero-order valence-corrected chi connectivity index (χ0v) is 19.8. The number of rotatable bonds is 9. The molecule has 0 spiro atoms. The molecule has 0 radical (unpaired) electrons. The van der Waals surface area contributed by atoms with Gasteiger partial charge in [0.1, 0.15) is 22.3 Å². The van der Waals surface area contributed by atoms with Crippen LogP contribution in [-0.2, 0) is 10.0 Å². The second-order valence-corrected chi connectivity index (χ2v) is 9.28. The molecule has 0 fully saturated rings. The van der Waals surface area contributed by atoms with E-state index in [9.17, 15) is 22.5 Å². The molecule has 1 heterocycles. The Bertz CT molecular complexity index is 1330. The van der Waals surface area contributed by atoms with E-state index < -0.39 is 26.6 Å². The summed E-state index contributed by atoms with van der Waals surface area (Å²) in [5.41, 5.74) is 1.79. The maximum Gasteiger partial charge on any atom is 0.266 e. The molecule has 3 N–H and O–H groups in total. The van der Waals surface area contributed by atoms with E-state index in [4.69, 9.17) is 11.6 Å². The highest BCUT2D eigenvalue weighted by molar-refractivity contribution is 7.92. The summed E-state index contributed by atoms with van der Waals surface area (Å²) in [5.74, 6) is -1.88. The molecule has 178 valence electrons. The van der Waals surface area contributed by atoms with Crippen molar-refractivity contribution in [3.63, 3.8) is 0 Å². The number of nitrogens with zero attached hydrogens (tertiary/aromatic N) is 3. The Kier molecular flexibility index (Phi) is 7.88. The zero-order valence-electron chi connectivity index (χ0n) is 18.2. The van der Waals surface area contributed by atoms with Crippen molar-refractivity contribution in [2.75, 3.05) is 42.1 Å². The van der Waals surface area contributed by atoms with E-state index in [2.05, 4.69) is 26.4 Å². The molecule has 0 saturated heterocycles. The Morgan fingerprint density at radius 3 is 2.56 bits per heavy atom. The number of benzene rings is 2. The minimum atomic E-state index is -4.38. The second-order valence-electron chi connectivity index (χ2n) is 7.22. The fourth-order valence-electron chi connectivity index (χ4n) is 3.03. The van der Waals surface area contributed by atoms with E-state index in [1.54, 1.807) is 18.2 Å². The molecule has 3 aromatic rings. The number of aromatic nitrogens is 1. The van der Waals surface area contributed by atoms with Crippen molar-refractivity contribution in [1.82, 2.24) is 10.3 Å². The van der Waals surface area contributed by atoms with Gasteiger partial charge in [-0.15, -0.1) is 0 Å². The fraction of sp³-hybridized carbons (Fsp3) is 0.182. The van der Waals surface area contributed by atoms with Crippen LogP contribution in [-0.4, -0.2) is 40.6 Å². The summed E-state index contributed by atoms with van der Waals surface area (Å²) < 4.78 is 55.3. The van der Waals surface area contributed by atoms with Gasteiger partial charge < -0.3 is 15.5 Å². The van der Waals surface area contributed by atoms with Gasteiger partial charge in [0.15, 0.2) is 0 Å². The van der Waals surface area contributed by atoms with Crippen LogP contribution in [0, 0.1) is 23.0 Å². The normalized spacial score (nSPS) is 11.1. The van der Waals surface area contributed by atoms with Crippen LogP contribution in [0.25, 0.3) is 0 Å². The van der Waals surface area contributed by atoms with Crippen LogP contribution >= 0.6 is 11.6 Å². The highest BCUT2D eigenvalue weighted by Crippen LogP contribution is 2.35. The number of nitrogens with one attached hydrogen (secondary N) is 3. The van der Waals surface area contributed by atoms with E-state index in [1.807, 2.05) is 19.0 Å². The molecule has 0 amide bonds. The monoisotopic (exact) mass is 506 g/mol. The van der Waals surface area contributed by atoms with Crippen LogP contribution < -0.4 is 20.3 Å². The number of likely N-dealkylation sites (N-methyl/N-ethyl adjacent to an activating group) is 2. The smallest absolute Gasteiger partial charge is 0.266 e. The van der Waals surface area contributed by atoms with Gasteiger partial charge in [0.05, 0.1) is 39.9 Å². The first-order valence-corrected chi connectivity index (χ1v) is 11.8. The van der Waals surface area contributed by atoms with Crippen LogP contribution in [0.15, 0.2) is 53.6 Å². The first kappa shape index (κ1) is 25.2. The summed E-state index contributed by atoms with van der Waals surface area (Å²) in [7, 11) is -0.727. The molecule has 0 aliphatic rings. The summed E-state index contributed by atoms with van der Waals surface area (Å²) in [5, 5.41) is 15.2. The van der Waals surface area contributed by atoms with Crippen molar-refractivity contribution in [3.8, 4) is 6.07 Å². The maximum absolute atomic E-state index is 14.9. The Balaban J connectivity index is 1.92. The molecule has 0 bridgehead atoms. The predicted octanol–water partition coefficient (Wildman–Crippen LogP) is 4.08. The van der Waals surface area contributed by atoms with Crippen molar-refractivity contribution >= 4 is 44.5 Å². The lowest BCUT2D eigenvalue weighted by atomic mass is 10.1. The number of hydrogen-bond acceptors (Lipinski definition) is 7. The molecule has 0 aliphatic carbocycles. The summed E-state index contributed by atoms with van der Waals surface area (Å²) in [6.45, 7) is 1.31. The van der Waals surface area contributed by atoms with Crippen molar-refractivity contribution < 1.29 is 17.2 Å². The van der Waals surface area contributed by atoms with Crippen molar-refractivity contribution in [3.05, 3.63) is 70.9 Å². The fourth-order valence-corrected chi connectivity index (χ4v) is 4.40. The first-order chi connectivity index (χ1) is 16.1. The number of pyridine rings is 1. The second kappa shape index (κ2) is 10.6. The Morgan fingerprint density at radius 1 is 1.15 bits per heavy atom. The summed E-state index contributed by atoms with van der Waals surface area (Å²) >= 11 is 6.29. The summed E-state index contributed by atoms with van der Waals surface area (Å²) in [6, 6.07) is 11.1. The zero-order chi connectivity index (χ0) is 24.9. The highest BCUT2D eigenvalue weighted by Gasteiger charge is 2.23. The first-order valence-electron chi connectivity index (χ1n) is 9.95.